The van der Waals surface area contributed by atoms with E-state index in [2.05, 4.69) is 5.32 Å². The zero-order chi connectivity index (χ0) is 10.7. The third-order valence-corrected chi connectivity index (χ3v) is 2.29. The molecule has 1 aliphatic rings. The van der Waals surface area contributed by atoms with Crippen LogP contribution in [0.25, 0.3) is 0 Å². The highest BCUT2D eigenvalue weighted by molar-refractivity contribution is 4.86. The highest BCUT2D eigenvalue weighted by atomic mass is 16.6. The Kier molecular flexibility index (Phi) is 4.28. The van der Waals surface area contributed by atoms with Gasteiger partial charge in [-0.05, 0) is 0 Å². The Balaban J connectivity index is 2.51. The molecule has 1 saturated heterocycles. The van der Waals surface area contributed by atoms with E-state index in [1.165, 1.54) is 0 Å². The molecule has 5 heteroatoms. The molecule has 0 bridgehead atoms. The van der Waals surface area contributed by atoms with Gasteiger partial charge in [0.15, 0.2) is 6.29 Å². The van der Waals surface area contributed by atoms with Crippen LogP contribution in [-0.2, 0) is 4.74 Å². The van der Waals surface area contributed by atoms with Gasteiger partial charge in [0, 0.05) is 12.5 Å². The van der Waals surface area contributed by atoms with Gasteiger partial charge in [0.25, 0.3) is 0 Å². The molecule has 0 saturated carbocycles. The van der Waals surface area contributed by atoms with Crippen molar-refractivity contribution in [1.82, 2.24) is 5.32 Å². The second-order valence-corrected chi connectivity index (χ2v) is 3.98. The van der Waals surface area contributed by atoms with E-state index in [1.807, 2.05) is 13.8 Å². The third-order valence-electron chi connectivity index (χ3n) is 2.29. The number of aliphatic hydroxyl groups excluding tert-OH is 3. The lowest BCUT2D eigenvalue weighted by Crippen LogP contribution is -2.57. The molecule has 2 unspecified atom stereocenters. The number of hydrogen-bond acceptors (Lipinski definition) is 5. The number of aliphatic hydroxyl groups is 3. The molecule has 4 atom stereocenters. The Labute approximate surface area is 83.7 Å². The maximum atomic E-state index is 9.68. The molecule has 0 aliphatic carbocycles. The molecule has 0 spiro atoms. The van der Waals surface area contributed by atoms with Gasteiger partial charge in [-0.15, -0.1) is 0 Å². The first-order valence-electron chi connectivity index (χ1n) is 4.93. The van der Waals surface area contributed by atoms with E-state index in [0.717, 1.165) is 0 Å². The van der Waals surface area contributed by atoms with Gasteiger partial charge >= 0.3 is 0 Å². The van der Waals surface area contributed by atoms with E-state index in [4.69, 9.17) is 9.84 Å². The molecule has 1 heterocycles. The number of hydrogen-bond donors (Lipinski definition) is 4. The highest BCUT2D eigenvalue weighted by Crippen LogP contribution is 2.19. The second-order valence-electron chi connectivity index (χ2n) is 3.98. The van der Waals surface area contributed by atoms with Gasteiger partial charge in [-0.1, -0.05) is 13.8 Å². The lowest BCUT2D eigenvalue weighted by Gasteiger charge is -2.37. The summed E-state index contributed by atoms with van der Waals surface area (Å²) in [4.78, 5) is 0. The molecule has 0 aromatic heterocycles. The maximum Gasteiger partial charge on any atom is 0.172 e. The highest BCUT2D eigenvalue weighted by Gasteiger charge is 2.36. The van der Waals surface area contributed by atoms with E-state index in [1.54, 1.807) is 0 Å². The molecule has 0 aromatic rings. The van der Waals surface area contributed by atoms with Gasteiger partial charge in [0.2, 0.25) is 0 Å². The molecular formula is C9H19NO4. The van der Waals surface area contributed by atoms with Crippen molar-refractivity contribution in [2.75, 3.05) is 6.61 Å². The largest absolute Gasteiger partial charge is 0.394 e. The van der Waals surface area contributed by atoms with Crippen LogP contribution in [0, 0.1) is 0 Å². The SMILES string of the molecule is CC(C)NC1C(O)O[C@H](CO)C[C@@H]1O. The van der Waals surface area contributed by atoms with E-state index < -0.39 is 24.5 Å². The van der Waals surface area contributed by atoms with Crippen molar-refractivity contribution >= 4 is 0 Å². The fraction of sp³-hybridized carbons (Fsp3) is 1.00. The van der Waals surface area contributed by atoms with Crippen molar-refractivity contribution in [2.24, 2.45) is 0 Å². The molecule has 1 fully saturated rings. The molecule has 84 valence electrons. The van der Waals surface area contributed by atoms with Crippen molar-refractivity contribution in [3.63, 3.8) is 0 Å². The molecule has 0 aromatic carbocycles. The second kappa shape index (κ2) is 5.04. The average Bonchev–Trinajstić information content (AvgIpc) is 2.10. The smallest absolute Gasteiger partial charge is 0.172 e. The zero-order valence-corrected chi connectivity index (χ0v) is 8.55. The lowest BCUT2D eigenvalue weighted by molar-refractivity contribution is -0.215. The summed E-state index contributed by atoms with van der Waals surface area (Å²) in [5.41, 5.74) is 0. The monoisotopic (exact) mass is 205 g/mol. The van der Waals surface area contributed by atoms with Gasteiger partial charge in [-0.2, -0.15) is 0 Å². The summed E-state index contributed by atoms with van der Waals surface area (Å²) in [6.07, 6.45) is -1.86. The zero-order valence-electron chi connectivity index (χ0n) is 8.55. The molecule has 14 heavy (non-hydrogen) atoms. The first kappa shape index (κ1) is 11.9. The minimum atomic E-state index is -1.06. The van der Waals surface area contributed by atoms with Crippen molar-refractivity contribution in [1.29, 1.82) is 0 Å². The molecule has 4 N–H and O–H groups in total. The Bertz CT molecular complexity index is 164. The summed E-state index contributed by atoms with van der Waals surface area (Å²) in [5.74, 6) is 0. The molecule has 5 nitrogen and oxygen atoms in total. The number of rotatable bonds is 3. The minimum Gasteiger partial charge on any atom is -0.394 e. The fourth-order valence-corrected chi connectivity index (χ4v) is 1.64. The summed E-state index contributed by atoms with van der Waals surface area (Å²) in [6.45, 7) is 3.68. The molecule has 1 aliphatic heterocycles. The predicted octanol–water partition coefficient (Wildman–Crippen LogP) is -1.19. The van der Waals surface area contributed by atoms with E-state index in [0.29, 0.717) is 6.42 Å². The van der Waals surface area contributed by atoms with Crippen LogP contribution in [-0.4, -0.2) is 52.5 Å². The van der Waals surface area contributed by atoms with E-state index in [9.17, 15) is 10.2 Å². The van der Waals surface area contributed by atoms with Crippen LogP contribution in [0.1, 0.15) is 20.3 Å². The first-order valence-corrected chi connectivity index (χ1v) is 4.93. The van der Waals surface area contributed by atoms with Gasteiger partial charge in [0.05, 0.1) is 24.9 Å². The van der Waals surface area contributed by atoms with Gasteiger partial charge in [-0.3, -0.25) is 0 Å². The molecule has 1 rings (SSSR count). The Morgan fingerprint density at radius 2 is 2.07 bits per heavy atom. The van der Waals surface area contributed by atoms with Crippen LogP contribution < -0.4 is 5.32 Å². The van der Waals surface area contributed by atoms with E-state index >= 15 is 0 Å². The van der Waals surface area contributed by atoms with Crippen LogP contribution in [0.4, 0.5) is 0 Å². The van der Waals surface area contributed by atoms with Crippen LogP contribution in [0.2, 0.25) is 0 Å². The Morgan fingerprint density at radius 1 is 1.43 bits per heavy atom. The Hall–Kier alpha value is -0.200. The predicted molar refractivity (Wildman–Crippen MR) is 50.6 cm³/mol. The van der Waals surface area contributed by atoms with Crippen LogP contribution in [0.3, 0.4) is 0 Å². The van der Waals surface area contributed by atoms with Crippen molar-refractivity contribution in [3.05, 3.63) is 0 Å². The summed E-state index contributed by atoms with van der Waals surface area (Å²) in [5, 5.41) is 31.1. The summed E-state index contributed by atoms with van der Waals surface area (Å²) in [7, 11) is 0. The Morgan fingerprint density at radius 3 is 2.50 bits per heavy atom. The van der Waals surface area contributed by atoms with Gasteiger partial charge < -0.3 is 25.4 Å². The summed E-state index contributed by atoms with van der Waals surface area (Å²) >= 11 is 0. The average molecular weight is 205 g/mol. The quantitative estimate of drug-likeness (QED) is 0.466. The normalized spacial score (nSPS) is 39.0. The molecular weight excluding hydrogens is 186 g/mol. The van der Waals surface area contributed by atoms with Crippen molar-refractivity contribution < 1.29 is 20.1 Å². The summed E-state index contributed by atoms with van der Waals surface area (Å²) in [6, 6.07) is -0.309. The van der Waals surface area contributed by atoms with Crippen molar-refractivity contribution in [3.8, 4) is 0 Å². The maximum absolute atomic E-state index is 9.68. The standard InChI is InChI=1S/C9H19NO4/c1-5(2)10-8-7(12)3-6(4-11)14-9(8)13/h5-13H,3-4H2,1-2H3/t6-,7-,8?,9?/m0/s1. The number of ether oxygens (including phenoxy) is 1. The van der Waals surface area contributed by atoms with Crippen LogP contribution >= 0.6 is 0 Å². The third kappa shape index (κ3) is 2.90. The van der Waals surface area contributed by atoms with E-state index in [-0.39, 0.29) is 12.6 Å². The van der Waals surface area contributed by atoms with Gasteiger partial charge in [-0.25, -0.2) is 0 Å². The minimum absolute atomic E-state index is 0.165. The topological polar surface area (TPSA) is 82.0 Å². The van der Waals surface area contributed by atoms with Gasteiger partial charge in [0.1, 0.15) is 0 Å². The van der Waals surface area contributed by atoms with Crippen LogP contribution in [0.15, 0.2) is 0 Å². The molecule has 0 radical (unpaired) electrons. The fourth-order valence-electron chi connectivity index (χ4n) is 1.64. The first-order chi connectivity index (χ1) is 6.54. The summed E-state index contributed by atoms with van der Waals surface area (Å²) < 4.78 is 5.10. The molecule has 0 amide bonds. The lowest BCUT2D eigenvalue weighted by atomic mass is 10.00. The number of nitrogens with one attached hydrogen (secondary N) is 1. The van der Waals surface area contributed by atoms with Crippen molar-refractivity contribution in [2.45, 2.75) is 50.8 Å². The van der Waals surface area contributed by atoms with Crippen LogP contribution in [0.5, 0.6) is 0 Å².